The van der Waals surface area contributed by atoms with Gasteiger partial charge in [0.05, 0.1) is 24.9 Å². The first kappa shape index (κ1) is 15.4. The molecule has 0 amide bonds. The summed E-state index contributed by atoms with van der Waals surface area (Å²) in [5, 5.41) is 19.0. The van der Waals surface area contributed by atoms with Crippen molar-refractivity contribution in [2.24, 2.45) is 5.92 Å². The number of hydrogen-bond acceptors (Lipinski definition) is 4. The second-order valence-electron chi connectivity index (χ2n) is 6.20. The lowest BCUT2D eigenvalue weighted by molar-refractivity contribution is -0.0536. The van der Waals surface area contributed by atoms with E-state index in [4.69, 9.17) is 10.00 Å². The molecular weight excluding hydrogens is 283 g/mol. The topological polar surface area (TPSA) is 56.5 Å². The third kappa shape index (κ3) is 3.14. The lowest BCUT2D eigenvalue weighted by atomic mass is 9.94. The number of aliphatic hydroxyl groups is 1. The first-order valence-corrected chi connectivity index (χ1v) is 7.87. The SMILES string of the molecule is N#Cc1ccc(CN2CCOC[C@@H]2[C@H]2CCC[C@@H]2O)cc1F. The third-order valence-corrected chi connectivity index (χ3v) is 4.85. The van der Waals surface area contributed by atoms with Crippen LogP contribution >= 0.6 is 0 Å². The normalized spacial score (nSPS) is 29.4. The summed E-state index contributed by atoms with van der Waals surface area (Å²) in [6.07, 6.45) is 2.68. The molecule has 118 valence electrons. The van der Waals surface area contributed by atoms with Gasteiger partial charge in [0, 0.05) is 25.0 Å². The van der Waals surface area contributed by atoms with Crippen molar-refractivity contribution < 1.29 is 14.2 Å². The van der Waals surface area contributed by atoms with Crippen molar-refractivity contribution in [3.05, 3.63) is 35.1 Å². The van der Waals surface area contributed by atoms with Crippen molar-refractivity contribution in [1.29, 1.82) is 5.26 Å². The van der Waals surface area contributed by atoms with Crippen LogP contribution in [-0.4, -0.2) is 41.9 Å². The van der Waals surface area contributed by atoms with Gasteiger partial charge in [-0.3, -0.25) is 4.90 Å². The van der Waals surface area contributed by atoms with Crippen molar-refractivity contribution in [1.82, 2.24) is 4.90 Å². The molecule has 1 saturated heterocycles. The van der Waals surface area contributed by atoms with Crippen LogP contribution in [0.2, 0.25) is 0 Å². The summed E-state index contributed by atoms with van der Waals surface area (Å²) in [6.45, 7) is 2.70. The summed E-state index contributed by atoms with van der Waals surface area (Å²) in [4.78, 5) is 2.28. The van der Waals surface area contributed by atoms with Crippen molar-refractivity contribution in [3.63, 3.8) is 0 Å². The predicted octanol–water partition coefficient (Wildman–Crippen LogP) is 2.06. The summed E-state index contributed by atoms with van der Waals surface area (Å²) in [6, 6.07) is 6.81. The molecule has 1 aliphatic carbocycles. The van der Waals surface area contributed by atoms with Crippen LogP contribution in [0.3, 0.4) is 0 Å². The van der Waals surface area contributed by atoms with Crippen LogP contribution in [-0.2, 0) is 11.3 Å². The summed E-state index contributed by atoms with van der Waals surface area (Å²) >= 11 is 0. The van der Waals surface area contributed by atoms with E-state index in [-0.39, 0.29) is 23.6 Å². The molecule has 4 nitrogen and oxygen atoms in total. The molecule has 1 aromatic carbocycles. The van der Waals surface area contributed by atoms with Crippen LogP contribution in [0, 0.1) is 23.1 Å². The number of aliphatic hydroxyl groups excluding tert-OH is 1. The number of hydrogen-bond donors (Lipinski definition) is 1. The zero-order valence-electron chi connectivity index (χ0n) is 12.5. The molecule has 2 fully saturated rings. The van der Waals surface area contributed by atoms with Gasteiger partial charge in [0.1, 0.15) is 11.9 Å². The molecule has 1 aromatic rings. The fraction of sp³-hybridized carbons (Fsp3) is 0.588. The number of nitrogens with zero attached hydrogens (tertiary/aromatic N) is 2. The lowest BCUT2D eigenvalue weighted by Crippen LogP contribution is -2.50. The minimum Gasteiger partial charge on any atom is -0.393 e. The second-order valence-corrected chi connectivity index (χ2v) is 6.20. The Labute approximate surface area is 130 Å². The zero-order valence-corrected chi connectivity index (χ0v) is 12.5. The van der Waals surface area contributed by atoms with Crippen molar-refractivity contribution >= 4 is 0 Å². The molecule has 2 aliphatic rings. The molecule has 0 aromatic heterocycles. The van der Waals surface area contributed by atoms with Gasteiger partial charge < -0.3 is 9.84 Å². The van der Waals surface area contributed by atoms with Crippen LogP contribution in [0.1, 0.15) is 30.4 Å². The average Bonchev–Trinajstić information content (AvgIpc) is 2.94. The van der Waals surface area contributed by atoms with Crippen molar-refractivity contribution in [2.75, 3.05) is 19.8 Å². The van der Waals surface area contributed by atoms with Crippen LogP contribution in [0.15, 0.2) is 18.2 Å². The largest absolute Gasteiger partial charge is 0.393 e. The number of nitriles is 1. The van der Waals surface area contributed by atoms with Gasteiger partial charge in [0.2, 0.25) is 0 Å². The zero-order chi connectivity index (χ0) is 15.5. The number of morpholine rings is 1. The highest BCUT2D eigenvalue weighted by atomic mass is 19.1. The predicted molar refractivity (Wildman–Crippen MR) is 79.5 cm³/mol. The van der Waals surface area contributed by atoms with Crippen LogP contribution in [0.4, 0.5) is 4.39 Å². The van der Waals surface area contributed by atoms with E-state index in [9.17, 15) is 9.50 Å². The van der Waals surface area contributed by atoms with Gasteiger partial charge in [-0.05, 0) is 30.5 Å². The van der Waals surface area contributed by atoms with Gasteiger partial charge in [0.15, 0.2) is 0 Å². The van der Waals surface area contributed by atoms with Gasteiger partial charge >= 0.3 is 0 Å². The molecule has 22 heavy (non-hydrogen) atoms. The van der Waals surface area contributed by atoms with Gasteiger partial charge in [-0.2, -0.15) is 5.26 Å². The Kier molecular flexibility index (Phi) is 4.72. The molecule has 0 unspecified atom stereocenters. The molecular formula is C17H21FN2O2. The number of rotatable bonds is 3. The van der Waals surface area contributed by atoms with E-state index in [0.717, 1.165) is 31.4 Å². The maximum Gasteiger partial charge on any atom is 0.141 e. The summed E-state index contributed by atoms with van der Waals surface area (Å²) in [5.74, 6) is -0.228. The smallest absolute Gasteiger partial charge is 0.141 e. The highest BCUT2D eigenvalue weighted by Crippen LogP contribution is 2.32. The highest BCUT2D eigenvalue weighted by Gasteiger charge is 2.37. The molecule has 0 bridgehead atoms. The molecule has 1 N–H and O–H groups in total. The van der Waals surface area contributed by atoms with Gasteiger partial charge in [0.25, 0.3) is 0 Å². The first-order chi connectivity index (χ1) is 10.7. The van der Waals surface area contributed by atoms with E-state index in [2.05, 4.69) is 4.90 Å². The molecule has 5 heteroatoms. The van der Waals surface area contributed by atoms with Gasteiger partial charge in [-0.15, -0.1) is 0 Å². The molecule has 3 atom stereocenters. The molecule has 0 radical (unpaired) electrons. The van der Waals surface area contributed by atoms with E-state index >= 15 is 0 Å². The standard InChI is InChI=1S/C17H21FN2O2/c18-15-8-12(4-5-13(15)9-19)10-20-6-7-22-11-16(20)14-2-1-3-17(14)21/h4-5,8,14,16-17,21H,1-3,6-7,10-11H2/t14-,16-,17+/m1/s1. The Morgan fingerprint density at radius 2 is 2.27 bits per heavy atom. The molecule has 1 aliphatic heterocycles. The quantitative estimate of drug-likeness (QED) is 0.928. The molecule has 1 saturated carbocycles. The minimum absolute atomic E-state index is 0.0773. The number of halogens is 1. The van der Waals surface area contributed by atoms with E-state index < -0.39 is 5.82 Å². The maximum atomic E-state index is 13.8. The average molecular weight is 304 g/mol. The first-order valence-electron chi connectivity index (χ1n) is 7.87. The second kappa shape index (κ2) is 6.74. The third-order valence-electron chi connectivity index (χ3n) is 4.85. The Hall–Kier alpha value is -1.48. The van der Waals surface area contributed by atoms with Crippen molar-refractivity contribution in [3.8, 4) is 6.07 Å². The maximum absolute atomic E-state index is 13.8. The van der Waals surface area contributed by atoms with E-state index in [1.807, 2.05) is 6.07 Å². The molecule has 3 rings (SSSR count). The Morgan fingerprint density at radius 1 is 1.41 bits per heavy atom. The number of benzene rings is 1. The monoisotopic (exact) mass is 304 g/mol. The molecule has 0 spiro atoms. The minimum atomic E-state index is -0.467. The Balaban J connectivity index is 1.74. The van der Waals surface area contributed by atoms with E-state index in [1.165, 1.54) is 12.1 Å². The fourth-order valence-corrected chi connectivity index (χ4v) is 3.65. The Bertz CT molecular complexity index is 572. The van der Waals surface area contributed by atoms with Crippen molar-refractivity contribution in [2.45, 2.75) is 38.0 Å². The summed E-state index contributed by atoms with van der Waals surface area (Å²) in [5.41, 5.74) is 0.935. The Morgan fingerprint density at radius 3 is 2.95 bits per heavy atom. The van der Waals surface area contributed by atoms with E-state index in [1.54, 1.807) is 6.07 Å². The number of ether oxygens (including phenoxy) is 1. The fourth-order valence-electron chi connectivity index (χ4n) is 3.65. The lowest BCUT2D eigenvalue weighted by Gasteiger charge is -2.40. The van der Waals surface area contributed by atoms with Gasteiger partial charge in [-0.25, -0.2) is 4.39 Å². The highest BCUT2D eigenvalue weighted by molar-refractivity contribution is 5.33. The van der Waals surface area contributed by atoms with Gasteiger partial charge in [-0.1, -0.05) is 12.5 Å². The van der Waals surface area contributed by atoms with Crippen LogP contribution in [0.5, 0.6) is 0 Å². The summed E-state index contributed by atoms with van der Waals surface area (Å²) < 4.78 is 19.4. The van der Waals surface area contributed by atoms with Crippen LogP contribution in [0.25, 0.3) is 0 Å². The molecule has 1 heterocycles. The van der Waals surface area contributed by atoms with Crippen LogP contribution < -0.4 is 0 Å². The van der Waals surface area contributed by atoms with E-state index in [0.29, 0.717) is 19.8 Å². The summed E-state index contributed by atoms with van der Waals surface area (Å²) in [7, 11) is 0.